The molecule has 1 aromatic heterocycles. The van der Waals surface area contributed by atoms with Gasteiger partial charge in [0.1, 0.15) is 0 Å². The molecule has 94 valence electrons. The number of hydrogen-bond donors (Lipinski definition) is 2. The van der Waals surface area contributed by atoms with Gasteiger partial charge in [-0.3, -0.25) is 4.79 Å². The van der Waals surface area contributed by atoms with Crippen molar-refractivity contribution < 1.29 is 4.79 Å². The van der Waals surface area contributed by atoms with Crippen LogP contribution in [0.15, 0.2) is 17.5 Å². The molecule has 0 aromatic carbocycles. The molecule has 2 rings (SSSR count). The first kappa shape index (κ1) is 12.6. The molecule has 0 bridgehead atoms. The summed E-state index contributed by atoms with van der Waals surface area (Å²) >= 11 is 1.74. The van der Waals surface area contributed by atoms with Crippen LogP contribution in [-0.4, -0.2) is 19.0 Å². The molecule has 0 saturated heterocycles. The normalized spacial score (nSPS) is 23.8. The molecule has 0 aliphatic heterocycles. The van der Waals surface area contributed by atoms with Gasteiger partial charge in [0, 0.05) is 17.3 Å². The van der Waals surface area contributed by atoms with Crippen LogP contribution in [0.1, 0.15) is 24.1 Å². The van der Waals surface area contributed by atoms with Crippen molar-refractivity contribution >= 4 is 17.2 Å². The highest BCUT2D eigenvalue weighted by Crippen LogP contribution is 2.30. The summed E-state index contributed by atoms with van der Waals surface area (Å²) in [6.45, 7) is 1.39. The zero-order chi connectivity index (χ0) is 12.1. The second kappa shape index (κ2) is 6.17. The lowest BCUT2D eigenvalue weighted by molar-refractivity contribution is -0.125. The molecule has 3 N–H and O–H groups in total. The van der Waals surface area contributed by atoms with Gasteiger partial charge in [-0.05, 0) is 43.2 Å². The van der Waals surface area contributed by atoms with E-state index in [-0.39, 0.29) is 11.8 Å². The van der Waals surface area contributed by atoms with Crippen molar-refractivity contribution in [3.05, 3.63) is 22.4 Å². The minimum absolute atomic E-state index is 0.156. The van der Waals surface area contributed by atoms with Crippen LogP contribution < -0.4 is 11.1 Å². The molecule has 1 aliphatic carbocycles. The second-order valence-corrected chi connectivity index (χ2v) is 5.69. The summed E-state index contributed by atoms with van der Waals surface area (Å²) in [5.41, 5.74) is 5.69. The lowest BCUT2D eigenvalue weighted by atomic mass is 9.95. The van der Waals surface area contributed by atoms with E-state index in [9.17, 15) is 4.79 Å². The van der Waals surface area contributed by atoms with Crippen LogP contribution in [0.2, 0.25) is 0 Å². The molecule has 0 radical (unpaired) electrons. The monoisotopic (exact) mass is 252 g/mol. The minimum atomic E-state index is 0.156. The third-order valence-electron chi connectivity index (χ3n) is 3.55. The maximum absolute atomic E-state index is 12.0. The fourth-order valence-electron chi connectivity index (χ4n) is 2.56. The molecule has 0 spiro atoms. The van der Waals surface area contributed by atoms with Crippen LogP contribution in [0.4, 0.5) is 0 Å². The molecule has 3 nitrogen and oxygen atoms in total. The Kier molecular flexibility index (Phi) is 4.57. The molecular weight excluding hydrogens is 232 g/mol. The van der Waals surface area contributed by atoms with Crippen LogP contribution in [0.25, 0.3) is 0 Å². The number of carbonyl (C=O) groups is 1. The van der Waals surface area contributed by atoms with Gasteiger partial charge in [-0.1, -0.05) is 12.5 Å². The Hall–Kier alpha value is -0.870. The first-order valence-electron chi connectivity index (χ1n) is 6.31. The van der Waals surface area contributed by atoms with Gasteiger partial charge in [-0.2, -0.15) is 0 Å². The second-order valence-electron chi connectivity index (χ2n) is 4.65. The summed E-state index contributed by atoms with van der Waals surface area (Å²) in [6, 6.07) is 4.15. The molecule has 1 aromatic rings. The molecule has 1 aliphatic rings. The Morgan fingerprint density at radius 2 is 2.41 bits per heavy atom. The minimum Gasteiger partial charge on any atom is -0.355 e. The zero-order valence-electron chi connectivity index (χ0n) is 10.0. The number of nitrogens with one attached hydrogen (secondary N) is 1. The number of nitrogens with two attached hydrogens (primary N) is 1. The third kappa shape index (κ3) is 3.30. The van der Waals surface area contributed by atoms with E-state index in [2.05, 4.69) is 16.8 Å². The highest BCUT2D eigenvalue weighted by molar-refractivity contribution is 7.09. The van der Waals surface area contributed by atoms with Gasteiger partial charge < -0.3 is 11.1 Å². The summed E-state index contributed by atoms with van der Waals surface area (Å²) in [7, 11) is 0. The molecule has 1 fully saturated rings. The predicted octanol–water partition coefficient (Wildman–Crippen LogP) is 1.78. The number of amides is 1. The largest absolute Gasteiger partial charge is 0.355 e. The Balaban J connectivity index is 1.73. The van der Waals surface area contributed by atoms with Gasteiger partial charge in [-0.25, -0.2) is 0 Å². The topological polar surface area (TPSA) is 55.1 Å². The summed E-state index contributed by atoms with van der Waals surface area (Å²) in [6.07, 6.45) is 4.19. The average molecular weight is 252 g/mol. The SMILES string of the molecule is NC[C@H]1CCC[C@H]1C(=O)NCCc1cccs1. The van der Waals surface area contributed by atoms with E-state index in [1.165, 1.54) is 4.88 Å². The Bertz CT molecular complexity index is 350. The van der Waals surface area contributed by atoms with Crippen molar-refractivity contribution in [1.29, 1.82) is 0 Å². The fourth-order valence-corrected chi connectivity index (χ4v) is 3.27. The summed E-state index contributed by atoms with van der Waals surface area (Å²) < 4.78 is 0. The predicted molar refractivity (Wildman–Crippen MR) is 70.9 cm³/mol. The smallest absolute Gasteiger partial charge is 0.223 e. The molecule has 1 amide bonds. The standard InChI is InChI=1S/C13H20N2OS/c14-9-10-3-1-5-12(10)13(16)15-7-6-11-4-2-8-17-11/h2,4,8,10,12H,1,3,5-7,9,14H2,(H,15,16)/t10-,12-/m1/s1. The molecule has 1 heterocycles. The van der Waals surface area contributed by atoms with Gasteiger partial charge in [0.05, 0.1) is 0 Å². The van der Waals surface area contributed by atoms with E-state index < -0.39 is 0 Å². The van der Waals surface area contributed by atoms with E-state index >= 15 is 0 Å². The van der Waals surface area contributed by atoms with Crippen LogP contribution >= 0.6 is 11.3 Å². The van der Waals surface area contributed by atoms with Gasteiger partial charge in [0.15, 0.2) is 0 Å². The maximum Gasteiger partial charge on any atom is 0.223 e. The summed E-state index contributed by atoms with van der Waals surface area (Å²) in [4.78, 5) is 13.3. The molecule has 1 saturated carbocycles. The lowest BCUT2D eigenvalue weighted by Gasteiger charge is -2.17. The average Bonchev–Trinajstić information content (AvgIpc) is 2.99. The van der Waals surface area contributed by atoms with Gasteiger partial charge in [0.25, 0.3) is 0 Å². The van der Waals surface area contributed by atoms with Crippen molar-refractivity contribution in [1.82, 2.24) is 5.32 Å². The van der Waals surface area contributed by atoms with Crippen LogP contribution in [-0.2, 0) is 11.2 Å². The van der Waals surface area contributed by atoms with E-state index in [1.54, 1.807) is 11.3 Å². The van der Waals surface area contributed by atoms with Gasteiger partial charge in [-0.15, -0.1) is 11.3 Å². The van der Waals surface area contributed by atoms with Crippen molar-refractivity contribution in [3.63, 3.8) is 0 Å². The first-order valence-corrected chi connectivity index (χ1v) is 7.19. The Morgan fingerprint density at radius 1 is 1.53 bits per heavy atom. The van der Waals surface area contributed by atoms with Crippen molar-refractivity contribution in [3.8, 4) is 0 Å². The van der Waals surface area contributed by atoms with E-state index in [0.29, 0.717) is 12.5 Å². The molecule has 4 heteroatoms. The Morgan fingerprint density at radius 3 is 3.12 bits per heavy atom. The number of thiophene rings is 1. The molecule has 0 unspecified atom stereocenters. The van der Waals surface area contributed by atoms with Crippen LogP contribution in [0, 0.1) is 11.8 Å². The molecular formula is C13H20N2OS. The molecule has 2 atom stereocenters. The highest BCUT2D eigenvalue weighted by atomic mass is 32.1. The fraction of sp³-hybridized carbons (Fsp3) is 0.615. The number of carbonyl (C=O) groups excluding carboxylic acids is 1. The van der Waals surface area contributed by atoms with E-state index in [4.69, 9.17) is 5.73 Å². The number of hydrogen-bond acceptors (Lipinski definition) is 3. The van der Waals surface area contributed by atoms with Crippen molar-refractivity contribution in [2.45, 2.75) is 25.7 Å². The van der Waals surface area contributed by atoms with Gasteiger partial charge >= 0.3 is 0 Å². The van der Waals surface area contributed by atoms with E-state index in [1.807, 2.05) is 6.07 Å². The van der Waals surface area contributed by atoms with Crippen LogP contribution in [0.3, 0.4) is 0 Å². The quantitative estimate of drug-likeness (QED) is 0.839. The van der Waals surface area contributed by atoms with Crippen molar-refractivity contribution in [2.75, 3.05) is 13.1 Å². The van der Waals surface area contributed by atoms with Crippen LogP contribution in [0.5, 0.6) is 0 Å². The third-order valence-corrected chi connectivity index (χ3v) is 4.49. The maximum atomic E-state index is 12.0. The number of rotatable bonds is 5. The summed E-state index contributed by atoms with van der Waals surface area (Å²) in [5.74, 6) is 0.759. The first-order chi connectivity index (χ1) is 8.31. The Labute approximate surface area is 106 Å². The van der Waals surface area contributed by atoms with E-state index in [0.717, 1.165) is 32.2 Å². The lowest BCUT2D eigenvalue weighted by Crippen LogP contribution is -2.36. The van der Waals surface area contributed by atoms with Crippen molar-refractivity contribution in [2.24, 2.45) is 17.6 Å². The zero-order valence-corrected chi connectivity index (χ0v) is 10.8. The summed E-state index contributed by atoms with van der Waals surface area (Å²) in [5, 5.41) is 5.11. The highest BCUT2D eigenvalue weighted by Gasteiger charge is 2.31. The van der Waals surface area contributed by atoms with Gasteiger partial charge in [0.2, 0.25) is 5.91 Å². The molecule has 17 heavy (non-hydrogen) atoms.